The molecule has 18 heavy (non-hydrogen) atoms. The minimum absolute atomic E-state index is 1.03. The van der Waals surface area contributed by atoms with Gasteiger partial charge < -0.3 is 0 Å². The van der Waals surface area contributed by atoms with Crippen LogP contribution in [0.25, 0.3) is 16.7 Å². The Morgan fingerprint density at radius 3 is 2.28 bits per heavy atom. The van der Waals surface area contributed by atoms with Crippen molar-refractivity contribution in [2.75, 3.05) is 0 Å². The van der Waals surface area contributed by atoms with Gasteiger partial charge in [-0.2, -0.15) is 4.57 Å². The Labute approximate surface area is 107 Å². The Kier molecular flexibility index (Phi) is 2.56. The molecule has 0 saturated carbocycles. The Bertz CT molecular complexity index is 703. The van der Waals surface area contributed by atoms with Gasteiger partial charge in [0.2, 0.25) is 16.9 Å². The molecule has 3 rings (SSSR count). The molecule has 2 heteroatoms. The molecule has 0 atom stereocenters. The molecule has 0 bridgehead atoms. The molecule has 0 spiro atoms. The number of rotatable bonds is 1. The first-order chi connectivity index (χ1) is 8.77. The van der Waals surface area contributed by atoms with Crippen LogP contribution in [0.1, 0.15) is 11.4 Å². The summed E-state index contributed by atoms with van der Waals surface area (Å²) in [5, 5.41) is 0. The van der Waals surface area contributed by atoms with E-state index >= 15 is 0 Å². The third-order valence-electron chi connectivity index (χ3n) is 3.28. The highest BCUT2D eigenvalue weighted by Crippen LogP contribution is 2.13. The number of fused-ring (bicyclic) bond motifs is 1. The molecule has 1 heterocycles. The van der Waals surface area contributed by atoms with E-state index in [9.17, 15) is 0 Å². The quantitative estimate of drug-likeness (QED) is 0.592. The van der Waals surface area contributed by atoms with Crippen LogP contribution in [-0.4, -0.2) is 4.98 Å². The molecule has 0 aliphatic rings. The summed E-state index contributed by atoms with van der Waals surface area (Å²) in [4.78, 5) is 4.64. The summed E-state index contributed by atoms with van der Waals surface area (Å²) >= 11 is 0. The first-order valence-electron chi connectivity index (χ1n) is 6.11. The van der Waals surface area contributed by atoms with Crippen LogP contribution in [0.4, 0.5) is 0 Å². The van der Waals surface area contributed by atoms with Gasteiger partial charge in [-0.15, -0.1) is 0 Å². The standard InChI is InChI=1S/C16H15N2/c1-12-13(2)18(14-8-4-3-5-9-14)16-11-7-6-10-15(16)17-12/h3-11H,1-2H3/q+1. The molecule has 0 amide bonds. The van der Waals surface area contributed by atoms with Gasteiger partial charge >= 0.3 is 0 Å². The van der Waals surface area contributed by atoms with Crippen LogP contribution in [0.15, 0.2) is 54.6 Å². The van der Waals surface area contributed by atoms with Gasteiger partial charge in [-0.25, -0.2) is 4.98 Å². The maximum absolute atomic E-state index is 4.64. The van der Waals surface area contributed by atoms with Crippen LogP contribution in [0.5, 0.6) is 0 Å². The Hall–Kier alpha value is -2.22. The molecule has 0 aliphatic heterocycles. The number of nitrogens with zero attached hydrogens (tertiary/aromatic N) is 2. The molecule has 3 aromatic rings. The molecular weight excluding hydrogens is 220 g/mol. The Balaban J connectivity index is 2.43. The molecule has 2 nitrogen and oxygen atoms in total. The van der Waals surface area contributed by atoms with E-state index in [1.165, 1.54) is 11.4 Å². The summed E-state index contributed by atoms with van der Waals surface area (Å²) < 4.78 is 2.26. The van der Waals surface area contributed by atoms with Crippen LogP contribution in [0.2, 0.25) is 0 Å². The fourth-order valence-corrected chi connectivity index (χ4v) is 2.26. The van der Waals surface area contributed by atoms with Gasteiger partial charge in [0.05, 0.1) is 0 Å². The first-order valence-corrected chi connectivity index (χ1v) is 6.11. The van der Waals surface area contributed by atoms with E-state index in [-0.39, 0.29) is 0 Å². The largest absolute Gasteiger partial charge is 0.240 e. The molecule has 0 unspecified atom stereocenters. The Morgan fingerprint density at radius 2 is 1.50 bits per heavy atom. The van der Waals surface area contributed by atoms with Crippen molar-refractivity contribution in [3.05, 3.63) is 66.0 Å². The average molecular weight is 235 g/mol. The summed E-state index contributed by atoms with van der Waals surface area (Å²) in [6.07, 6.45) is 0. The first kappa shape index (κ1) is 10.9. The SMILES string of the molecule is Cc1nc2ccccc2[n+](-c2ccccc2)c1C. The molecule has 88 valence electrons. The lowest BCUT2D eigenvalue weighted by molar-refractivity contribution is -0.575. The number of para-hydroxylation sites is 3. The van der Waals surface area contributed by atoms with Crippen molar-refractivity contribution in [3.63, 3.8) is 0 Å². The van der Waals surface area contributed by atoms with Crippen LogP contribution in [0.3, 0.4) is 0 Å². The third kappa shape index (κ3) is 1.66. The van der Waals surface area contributed by atoms with Gasteiger partial charge in [0, 0.05) is 25.1 Å². The van der Waals surface area contributed by atoms with Crippen LogP contribution >= 0.6 is 0 Å². The fraction of sp³-hybridized carbons (Fsp3) is 0.125. The molecule has 0 radical (unpaired) electrons. The second kappa shape index (κ2) is 4.22. The highest BCUT2D eigenvalue weighted by molar-refractivity contribution is 5.71. The van der Waals surface area contributed by atoms with E-state index < -0.39 is 0 Å². The second-order valence-electron chi connectivity index (χ2n) is 4.44. The summed E-state index contributed by atoms with van der Waals surface area (Å²) in [6.45, 7) is 4.17. The minimum Gasteiger partial charge on any atom is -0.240 e. The molecular formula is C16H15N2+. The molecule has 0 N–H and O–H groups in total. The highest BCUT2D eigenvalue weighted by atomic mass is 15.0. The van der Waals surface area contributed by atoms with E-state index in [4.69, 9.17) is 0 Å². The Morgan fingerprint density at radius 1 is 0.833 bits per heavy atom. The number of hydrogen-bond acceptors (Lipinski definition) is 1. The number of hydrogen-bond donors (Lipinski definition) is 0. The zero-order valence-corrected chi connectivity index (χ0v) is 10.6. The third-order valence-corrected chi connectivity index (χ3v) is 3.28. The zero-order chi connectivity index (χ0) is 12.5. The highest BCUT2D eigenvalue weighted by Gasteiger charge is 2.18. The van der Waals surface area contributed by atoms with Crippen molar-refractivity contribution in [3.8, 4) is 5.69 Å². The van der Waals surface area contributed by atoms with Gasteiger partial charge in [-0.05, 0) is 13.0 Å². The lowest BCUT2D eigenvalue weighted by Crippen LogP contribution is -2.36. The van der Waals surface area contributed by atoms with Crippen LogP contribution in [-0.2, 0) is 0 Å². The average Bonchev–Trinajstić information content (AvgIpc) is 2.41. The lowest BCUT2D eigenvalue weighted by atomic mass is 10.2. The second-order valence-corrected chi connectivity index (χ2v) is 4.44. The van der Waals surface area contributed by atoms with Gasteiger partial charge in [0.15, 0.2) is 0 Å². The van der Waals surface area contributed by atoms with Gasteiger partial charge in [0.25, 0.3) is 0 Å². The van der Waals surface area contributed by atoms with Crippen molar-refractivity contribution >= 4 is 11.0 Å². The topological polar surface area (TPSA) is 16.8 Å². The van der Waals surface area contributed by atoms with Crippen LogP contribution in [0, 0.1) is 13.8 Å². The molecule has 2 aromatic carbocycles. The number of benzene rings is 2. The van der Waals surface area contributed by atoms with Crippen LogP contribution < -0.4 is 4.57 Å². The van der Waals surface area contributed by atoms with Gasteiger partial charge in [0.1, 0.15) is 11.2 Å². The van der Waals surface area contributed by atoms with Crippen molar-refractivity contribution in [1.82, 2.24) is 4.98 Å². The van der Waals surface area contributed by atoms with Gasteiger partial charge in [-0.1, -0.05) is 30.3 Å². The van der Waals surface area contributed by atoms with E-state index in [2.05, 4.69) is 65.9 Å². The summed E-state index contributed by atoms with van der Waals surface area (Å²) in [7, 11) is 0. The predicted octanol–water partition coefficient (Wildman–Crippen LogP) is 3.13. The van der Waals surface area contributed by atoms with E-state index in [0.717, 1.165) is 16.7 Å². The summed E-state index contributed by atoms with van der Waals surface area (Å²) in [6, 6.07) is 18.7. The smallest absolute Gasteiger partial charge is 0.237 e. The van der Waals surface area contributed by atoms with Gasteiger partial charge in [-0.3, -0.25) is 0 Å². The van der Waals surface area contributed by atoms with Crippen molar-refractivity contribution in [2.24, 2.45) is 0 Å². The zero-order valence-electron chi connectivity index (χ0n) is 10.6. The predicted molar refractivity (Wildman–Crippen MR) is 72.7 cm³/mol. The number of aromatic nitrogens is 2. The van der Waals surface area contributed by atoms with Crippen molar-refractivity contribution < 1.29 is 4.57 Å². The summed E-state index contributed by atoms with van der Waals surface area (Å²) in [5.41, 5.74) is 5.60. The lowest BCUT2D eigenvalue weighted by Gasteiger charge is -2.05. The molecule has 0 fully saturated rings. The van der Waals surface area contributed by atoms with E-state index in [0.29, 0.717) is 0 Å². The fourth-order valence-electron chi connectivity index (χ4n) is 2.26. The number of aryl methyl sites for hydroxylation is 1. The minimum atomic E-state index is 1.03. The molecule has 1 aromatic heterocycles. The van der Waals surface area contributed by atoms with E-state index in [1.54, 1.807) is 0 Å². The van der Waals surface area contributed by atoms with Crippen molar-refractivity contribution in [1.29, 1.82) is 0 Å². The molecule has 0 saturated heterocycles. The maximum Gasteiger partial charge on any atom is 0.237 e. The monoisotopic (exact) mass is 235 g/mol. The maximum atomic E-state index is 4.64. The van der Waals surface area contributed by atoms with E-state index in [1.807, 2.05) is 12.1 Å². The summed E-state index contributed by atoms with van der Waals surface area (Å²) in [5.74, 6) is 0. The van der Waals surface area contributed by atoms with Crippen molar-refractivity contribution in [2.45, 2.75) is 13.8 Å². The normalized spacial score (nSPS) is 10.8. The molecule has 0 aliphatic carbocycles.